The lowest BCUT2D eigenvalue weighted by molar-refractivity contribution is 0.143. The Morgan fingerprint density at radius 1 is 1.23 bits per heavy atom. The average Bonchev–Trinajstić information content (AvgIpc) is 2.18. The quantitative estimate of drug-likeness (QED) is 0.682. The second kappa shape index (κ2) is 4.69. The molecule has 0 aliphatic carbocycles. The number of aliphatic hydroxyl groups is 1. The minimum atomic E-state index is -0.478. The summed E-state index contributed by atoms with van der Waals surface area (Å²) in [7, 11) is 0. The van der Waals surface area contributed by atoms with Crippen LogP contribution in [0.1, 0.15) is 25.5 Å². The lowest BCUT2D eigenvalue weighted by Crippen LogP contribution is -2.06. The van der Waals surface area contributed by atoms with Crippen molar-refractivity contribution in [1.82, 2.24) is 0 Å². The summed E-state index contributed by atoms with van der Waals surface area (Å²) in [5.41, 5.74) is 0.928. The van der Waals surface area contributed by atoms with Crippen molar-refractivity contribution in [1.29, 1.82) is 0 Å². The standard InChI is InChI=1S/C12H14O/c1-3-7-10(2)12(13)11-8-5-4-6-9-11/h4-6,8-10,12-13H,1-2H3. The predicted molar refractivity (Wildman–Crippen MR) is 54.0 cm³/mol. The number of aliphatic hydroxyl groups excluding tert-OH is 1. The fraction of sp³-hybridized carbons (Fsp3) is 0.333. The van der Waals surface area contributed by atoms with Crippen LogP contribution in [0.15, 0.2) is 30.3 Å². The molecule has 68 valence electrons. The first-order valence-electron chi connectivity index (χ1n) is 4.41. The molecule has 0 aliphatic rings. The van der Waals surface area contributed by atoms with Crippen LogP contribution in [-0.2, 0) is 0 Å². The second-order valence-corrected chi connectivity index (χ2v) is 3.04. The third-order valence-corrected chi connectivity index (χ3v) is 1.99. The van der Waals surface area contributed by atoms with Gasteiger partial charge in [-0.25, -0.2) is 0 Å². The lowest BCUT2D eigenvalue weighted by atomic mass is 9.98. The van der Waals surface area contributed by atoms with Crippen LogP contribution in [0.25, 0.3) is 0 Å². The van der Waals surface area contributed by atoms with Crippen LogP contribution in [0, 0.1) is 17.8 Å². The molecule has 1 N–H and O–H groups in total. The highest BCUT2D eigenvalue weighted by Gasteiger charge is 2.12. The Labute approximate surface area is 79.4 Å². The van der Waals surface area contributed by atoms with Gasteiger partial charge in [-0.05, 0) is 19.4 Å². The molecular formula is C12H14O. The number of hydrogen-bond donors (Lipinski definition) is 1. The van der Waals surface area contributed by atoms with Crippen LogP contribution in [0.2, 0.25) is 0 Å². The summed E-state index contributed by atoms with van der Waals surface area (Å²) in [4.78, 5) is 0. The van der Waals surface area contributed by atoms with Crippen molar-refractivity contribution in [3.63, 3.8) is 0 Å². The van der Waals surface area contributed by atoms with Gasteiger partial charge in [-0.1, -0.05) is 36.3 Å². The van der Waals surface area contributed by atoms with E-state index >= 15 is 0 Å². The zero-order valence-corrected chi connectivity index (χ0v) is 7.99. The zero-order valence-electron chi connectivity index (χ0n) is 7.99. The van der Waals surface area contributed by atoms with Crippen molar-refractivity contribution in [2.75, 3.05) is 0 Å². The monoisotopic (exact) mass is 174 g/mol. The highest BCUT2D eigenvalue weighted by atomic mass is 16.3. The molecule has 1 rings (SSSR count). The molecule has 0 saturated carbocycles. The molecule has 0 radical (unpaired) electrons. The van der Waals surface area contributed by atoms with Gasteiger partial charge in [-0.15, -0.1) is 5.92 Å². The van der Waals surface area contributed by atoms with Crippen molar-refractivity contribution in [2.45, 2.75) is 20.0 Å². The molecule has 0 bridgehead atoms. The molecule has 0 spiro atoms. The molecule has 0 amide bonds. The molecule has 0 aliphatic heterocycles. The molecule has 1 nitrogen and oxygen atoms in total. The highest BCUT2D eigenvalue weighted by Crippen LogP contribution is 2.20. The molecule has 0 aromatic heterocycles. The molecule has 1 aromatic rings. The molecular weight excluding hydrogens is 160 g/mol. The van der Waals surface area contributed by atoms with E-state index in [0.717, 1.165) is 5.56 Å². The topological polar surface area (TPSA) is 20.2 Å². The van der Waals surface area contributed by atoms with Gasteiger partial charge in [0.05, 0.1) is 6.10 Å². The zero-order chi connectivity index (χ0) is 9.68. The Morgan fingerprint density at radius 3 is 2.38 bits per heavy atom. The summed E-state index contributed by atoms with van der Waals surface area (Å²) in [6.07, 6.45) is -0.478. The fourth-order valence-corrected chi connectivity index (χ4v) is 1.25. The predicted octanol–water partition coefficient (Wildman–Crippen LogP) is 2.38. The first-order chi connectivity index (χ1) is 6.25. The number of benzene rings is 1. The van der Waals surface area contributed by atoms with E-state index in [4.69, 9.17) is 0 Å². The molecule has 13 heavy (non-hydrogen) atoms. The lowest BCUT2D eigenvalue weighted by Gasteiger charge is -2.13. The maximum Gasteiger partial charge on any atom is 0.0924 e. The van der Waals surface area contributed by atoms with E-state index in [1.54, 1.807) is 6.92 Å². The van der Waals surface area contributed by atoms with E-state index in [0.29, 0.717) is 0 Å². The Morgan fingerprint density at radius 2 is 1.85 bits per heavy atom. The van der Waals surface area contributed by atoms with Gasteiger partial charge in [0.15, 0.2) is 0 Å². The average molecular weight is 174 g/mol. The molecule has 0 fully saturated rings. The van der Waals surface area contributed by atoms with Gasteiger partial charge in [0, 0.05) is 5.92 Å². The SMILES string of the molecule is CC#CC(C)C(O)c1ccccc1. The van der Waals surface area contributed by atoms with E-state index < -0.39 is 6.10 Å². The van der Waals surface area contributed by atoms with Crippen LogP contribution < -0.4 is 0 Å². The first-order valence-corrected chi connectivity index (χ1v) is 4.41. The van der Waals surface area contributed by atoms with Gasteiger partial charge in [-0.3, -0.25) is 0 Å². The van der Waals surface area contributed by atoms with Crippen molar-refractivity contribution in [3.8, 4) is 11.8 Å². The third-order valence-electron chi connectivity index (χ3n) is 1.99. The summed E-state index contributed by atoms with van der Waals surface area (Å²) in [5, 5.41) is 9.82. The van der Waals surface area contributed by atoms with Crippen LogP contribution in [0.3, 0.4) is 0 Å². The summed E-state index contributed by atoms with van der Waals surface area (Å²) < 4.78 is 0. The van der Waals surface area contributed by atoms with Crippen LogP contribution in [0.4, 0.5) is 0 Å². The van der Waals surface area contributed by atoms with Crippen molar-refractivity contribution in [3.05, 3.63) is 35.9 Å². The summed E-state index contributed by atoms with van der Waals surface area (Å²) in [5.74, 6) is 5.74. The van der Waals surface area contributed by atoms with Gasteiger partial charge in [0.25, 0.3) is 0 Å². The van der Waals surface area contributed by atoms with Gasteiger partial charge in [0.2, 0.25) is 0 Å². The Bertz CT molecular complexity index is 305. The molecule has 1 aromatic carbocycles. The van der Waals surface area contributed by atoms with Crippen LogP contribution in [0.5, 0.6) is 0 Å². The maximum absolute atomic E-state index is 9.82. The van der Waals surface area contributed by atoms with Crippen LogP contribution >= 0.6 is 0 Å². The van der Waals surface area contributed by atoms with Gasteiger partial charge < -0.3 is 5.11 Å². The van der Waals surface area contributed by atoms with E-state index in [9.17, 15) is 5.11 Å². The molecule has 2 unspecified atom stereocenters. The third kappa shape index (κ3) is 2.61. The van der Waals surface area contributed by atoms with Crippen molar-refractivity contribution >= 4 is 0 Å². The van der Waals surface area contributed by atoms with E-state index in [-0.39, 0.29) is 5.92 Å². The Kier molecular flexibility index (Phi) is 3.54. The molecule has 0 saturated heterocycles. The van der Waals surface area contributed by atoms with Crippen LogP contribution in [-0.4, -0.2) is 5.11 Å². The van der Waals surface area contributed by atoms with Gasteiger partial charge in [0.1, 0.15) is 0 Å². The normalized spacial score (nSPS) is 14.1. The Hall–Kier alpha value is -1.26. The van der Waals surface area contributed by atoms with E-state index in [1.165, 1.54) is 0 Å². The van der Waals surface area contributed by atoms with Crippen molar-refractivity contribution in [2.24, 2.45) is 5.92 Å². The summed E-state index contributed by atoms with van der Waals surface area (Å²) >= 11 is 0. The summed E-state index contributed by atoms with van der Waals surface area (Å²) in [6, 6.07) is 9.61. The fourth-order valence-electron chi connectivity index (χ4n) is 1.25. The largest absolute Gasteiger partial charge is 0.387 e. The van der Waals surface area contributed by atoms with E-state index in [2.05, 4.69) is 11.8 Å². The molecule has 0 heterocycles. The second-order valence-electron chi connectivity index (χ2n) is 3.04. The molecule has 1 heteroatoms. The smallest absolute Gasteiger partial charge is 0.0924 e. The highest BCUT2D eigenvalue weighted by molar-refractivity contribution is 5.20. The minimum Gasteiger partial charge on any atom is -0.387 e. The minimum absolute atomic E-state index is 0.00704. The molecule has 2 atom stereocenters. The van der Waals surface area contributed by atoms with Crippen molar-refractivity contribution < 1.29 is 5.11 Å². The van der Waals surface area contributed by atoms with E-state index in [1.807, 2.05) is 37.3 Å². The number of rotatable bonds is 2. The summed E-state index contributed by atoms with van der Waals surface area (Å²) in [6.45, 7) is 3.71. The van der Waals surface area contributed by atoms with Gasteiger partial charge in [-0.2, -0.15) is 0 Å². The Balaban J connectivity index is 2.77. The number of hydrogen-bond acceptors (Lipinski definition) is 1. The maximum atomic E-state index is 9.82. The van der Waals surface area contributed by atoms with Gasteiger partial charge >= 0.3 is 0 Å². The first kappa shape index (κ1) is 9.83.